The van der Waals surface area contributed by atoms with Crippen LogP contribution in [0.2, 0.25) is 0 Å². The Morgan fingerprint density at radius 2 is 2.10 bits per heavy atom. The van der Waals surface area contributed by atoms with E-state index in [9.17, 15) is 0 Å². The fourth-order valence-electron chi connectivity index (χ4n) is 1.35. The van der Waals surface area contributed by atoms with Gasteiger partial charge in [0.15, 0.2) is 21.8 Å². The van der Waals surface area contributed by atoms with Crippen LogP contribution in [-0.4, -0.2) is 29.4 Å². The number of nitrogens with zero attached hydrogens (tertiary/aromatic N) is 3. The van der Waals surface area contributed by atoms with Crippen molar-refractivity contribution >= 4 is 28.9 Å². The summed E-state index contributed by atoms with van der Waals surface area (Å²) < 4.78 is 5.97. The molecule has 1 aromatic heterocycles. The second-order valence-corrected chi connectivity index (χ2v) is 5.76. The van der Waals surface area contributed by atoms with E-state index >= 15 is 0 Å². The Morgan fingerprint density at radius 1 is 1.35 bits per heavy atom. The van der Waals surface area contributed by atoms with E-state index in [2.05, 4.69) is 15.4 Å². The predicted molar refractivity (Wildman–Crippen MR) is 80.2 cm³/mol. The highest BCUT2D eigenvalue weighted by molar-refractivity contribution is 8.00. The number of rotatable bonds is 6. The number of hydrogen-bond donors (Lipinski definition) is 1. The summed E-state index contributed by atoms with van der Waals surface area (Å²) in [5.41, 5.74) is 6.60. The van der Waals surface area contributed by atoms with Crippen molar-refractivity contribution in [3.05, 3.63) is 34.8 Å². The van der Waals surface area contributed by atoms with Gasteiger partial charge in [0.25, 0.3) is 0 Å². The highest BCUT2D eigenvalue weighted by atomic mass is 32.2. The molecular weight excluding hydrogens is 296 g/mol. The highest BCUT2D eigenvalue weighted by Crippen LogP contribution is 2.20. The van der Waals surface area contributed by atoms with Crippen LogP contribution in [0.5, 0.6) is 5.75 Å². The molecule has 1 aromatic carbocycles. The van der Waals surface area contributed by atoms with Crippen molar-refractivity contribution in [2.45, 2.75) is 10.9 Å². The number of thioether (sulfide) groups is 1. The maximum atomic E-state index is 5.83. The van der Waals surface area contributed by atoms with E-state index in [-0.39, 0.29) is 6.61 Å². The second kappa shape index (κ2) is 7.11. The molecule has 2 N–H and O–H groups in total. The first kappa shape index (κ1) is 14.6. The molecule has 2 rings (SSSR count). The third-order valence-electron chi connectivity index (χ3n) is 2.36. The fourth-order valence-corrected chi connectivity index (χ4v) is 2.57. The topological polar surface area (TPSA) is 82.6 Å². The van der Waals surface area contributed by atoms with Crippen LogP contribution in [0.1, 0.15) is 10.6 Å². The summed E-state index contributed by atoms with van der Waals surface area (Å²) in [7, 11) is 1.61. The first-order chi connectivity index (χ1) is 9.72. The number of aromatic nitrogens is 2. The molecule has 0 radical (unpaired) electrons. The van der Waals surface area contributed by atoms with Crippen LogP contribution in [0.15, 0.2) is 33.8 Å². The minimum atomic E-state index is 0.259. The number of methoxy groups -OCH3 is 1. The normalized spacial score (nSPS) is 11.4. The molecular formula is C12H14N4O2S2. The molecule has 0 bridgehead atoms. The summed E-state index contributed by atoms with van der Waals surface area (Å²) in [4.78, 5) is 5.18. The van der Waals surface area contributed by atoms with E-state index in [0.29, 0.717) is 5.84 Å². The van der Waals surface area contributed by atoms with Crippen LogP contribution >= 0.6 is 23.1 Å². The van der Waals surface area contributed by atoms with Crippen molar-refractivity contribution in [2.24, 2.45) is 10.9 Å². The van der Waals surface area contributed by atoms with Crippen molar-refractivity contribution in [1.29, 1.82) is 0 Å². The molecule has 0 saturated heterocycles. The Bertz CT molecular complexity index is 583. The molecule has 0 aliphatic rings. The van der Waals surface area contributed by atoms with Crippen LogP contribution in [0, 0.1) is 0 Å². The van der Waals surface area contributed by atoms with Crippen molar-refractivity contribution in [1.82, 2.24) is 10.2 Å². The number of oxime groups is 1. The molecule has 1 heterocycles. The van der Waals surface area contributed by atoms with Crippen LogP contribution in [0.3, 0.4) is 0 Å². The summed E-state index contributed by atoms with van der Waals surface area (Å²) >= 11 is 3.02. The number of hydrogen-bond acceptors (Lipinski definition) is 7. The highest BCUT2D eigenvalue weighted by Gasteiger charge is 2.04. The lowest BCUT2D eigenvalue weighted by Crippen LogP contribution is -2.13. The largest absolute Gasteiger partial charge is 0.497 e. The number of nitrogens with two attached hydrogens (primary N) is 1. The van der Waals surface area contributed by atoms with Gasteiger partial charge in [0.2, 0.25) is 0 Å². The molecule has 0 unspecified atom stereocenters. The Hall–Kier alpha value is -1.80. The van der Waals surface area contributed by atoms with E-state index in [1.807, 2.05) is 30.5 Å². The minimum absolute atomic E-state index is 0.259. The number of amidine groups is 1. The Labute approximate surface area is 125 Å². The lowest BCUT2D eigenvalue weighted by Gasteiger charge is -2.02. The van der Waals surface area contributed by atoms with E-state index in [0.717, 1.165) is 20.7 Å². The molecule has 0 spiro atoms. The molecule has 0 atom stereocenters. The molecule has 0 saturated carbocycles. The molecule has 6 nitrogen and oxygen atoms in total. The van der Waals surface area contributed by atoms with Crippen molar-refractivity contribution in [2.75, 3.05) is 13.4 Å². The summed E-state index contributed by atoms with van der Waals surface area (Å²) in [6.07, 6.45) is 1.95. The van der Waals surface area contributed by atoms with Crippen LogP contribution in [0.25, 0.3) is 0 Å². The quantitative estimate of drug-likeness (QED) is 0.381. The third-order valence-corrected chi connectivity index (χ3v) is 4.23. The van der Waals surface area contributed by atoms with E-state index in [4.69, 9.17) is 15.3 Å². The summed E-state index contributed by atoms with van der Waals surface area (Å²) in [6, 6.07) is 7.26. The Morgan fingerprint density at radius 3 is 2.70 bits per heavy atom. The molecule has 8 heteroatoms. The van der Waals surface area contributed by atoms with Gasteiger partial charge in [0, 0.05) is 5.56 Å². The van der Waals surface area contributed by atoms with Crippen molar-refractivity contribution < 1.29 is 9.57 Å². The zero-order chi connectivity index (χ0) is 14.4. The van der Waals surface area contributed by atoms with Gasteiger partial charge in [0.05, 0.1) is 7.11 Å². The first-order valence-corrected chi connectivity index (χ1v) is 7.73. The van der Waals surface area contributed by atoms with Gasteiger partial charge >= 0.3 is 0 Å². The Balaban J connectivity index is 1.92. The van der Waals surface area contributed by atoms with Gasteiger partial charge in [0.1, 0.15) is 5.75 Å². The van der Waals surface area contributed by atoms with Gasteiger partial charge in [-0.15, -0.1) is 10.2 Å². The smallest absolute Gasteiger partial charge is 0.174 e. The average Bonchev–Trinajstić information content (AvgIpc) is 2.95. The zero-order valence-electron chi connectivity index (χ0n) is 11.1. The summed E-state index contributed by atoms with van der Waals surface area (Å²) in [5, 5.41) is 12.6. The monoisotopic (exact) mass is 310 g/mol. The minimum Gasteiger partial charge on any atom is -0.497 e. The molecule has 20 heavy (non-hydrogen) atoms. The van der Waals surface area contributed by atoms with E-state index < -0.39 is 0 Å². The average molecular weight is 310 g/mol. The Kier molecular flexibility index (Phi) is 5.19. The third kappa shape index (κ3) is 3.84. The van der Waals surface area contributed by atoms with Gasteiger partial charge < -0.3 is 15.3 Å². The molecule has 0 fully saturated rings. The number of benzene rings is 1. The van der Waals surface area contributed by atoms with E-state index in [1.54, 1.807) is 18.9 Å². The van der Waals surface area contributed by atoms with Crippen LogP contribution < -0.4 is 10.5 Å². The second-order valence-electron chi connectivity index (χ2n) is 3.64. The van der Waals surface area contributed by atoms with Gasteiger partial charge in [-0.25, -0.2) is 0 Å². The van der Waals surface area contributed by atoms with Crippen molar-refractivity contribution in [3.8, 4) is 5.75 Å². The summed E-state index contributed by atoms with van der Waals surface area (Å²) in [6.45, 7) is 0.259. The molecule has 0 aliphatic carbocycles. The van der Waals surface area contributed by atoms with Gasteiger partial charge in [-0.3, -0.25) is 0 Å². The maximum Gasteiger partial charge on any atom is 0.174 e. The maximum absolute atomic E-state index is 5.83. The first-order valence-electron chi connectivity index (χ1n) is 5.69. The lowest BCUT2D eigenvalue weighted by atomic mass is 10.2. The zero-order valence-corrected chi connectivity index (χ0v) is 12.7. The SMILES string of the molecule is COc1ccc(/C(N)=N\OCc2nnc(SC)s2)cc1. The van der Waals surface area contributed by atoms with Crippen LogP contribution in [0.4, 0.5) is 0 Å². The van der Waals surface area contributed by atoms with Gasteiger partial charge in [-0.05, 0) is 30.5 Å². The predicted octanol–water partition coefficient (Wildman–Crippen LogP) is 2.11. The summed E-state index contributed by atoms with van der Waals surface area (Å²) in [5.74, 6) is 1.07. The van der Waals surface area contributed by atoms with Crippen molar-refractivity contribution in [3.63, 3.8) is 0 Å². The molecule has 2 aromatic rings. The fraction of sp³-hybridized carbons (Fsp3) is 0.250. The van der Waals surface area contributed by atoms with Gasteiger partial charge in [-0.2, -0.15) is 0 Å². The number of ether oxygens (including phenoxy) is 1. The standard InChI is InChI=1S/C12H14N4O2S2/c1-17-9-5-3-8(4-6-9)11(13)16-18-7-10-14-15-12(19-2)20-10/h3-6H,7H2,1-2H3,(H2,13,16). The van der Waals surface area contributed by atoms with Crippen LogP contribution in [-0.2, 0) is 11.4 Å². The lowest BCUT2D eigenvalue weighted by molar-refractivity contribution is 0.129. The molecule has 106 valence electrons. The van der Waals surface area contributed by atoms with Gasteiger partial charge in [-0.1, -0.05) is 28.3 Å². The molecule has 0 amide bonds. The molecule has 0 aliphatic heterocycles. The van der Waals surface area contributed by atoms with E-state index in [1.165, 1.54) is 11.3 Å².